The molecule has 0 atom stereocenters. The molecule has 5 nitrogen and oxygen atoms in total. The summed E-state index contributed by atoms with van der Waals surface area (Å²) >= 11 is 6.89. The summed E-state index contributed by atoms with van der Waals surface area (Å²) in [5.74, 6) is -0.493. The van der Waals surface area contributed by atoms with E-state index in [4.69, 9.17) is 16.3 Å². The number of hydrogen-bond acceptors (Lipinski definition) is 5. The smallest absolute Gasteiger partial charge is 0.387 e. The fraction of sp³-hybridized carbons (Fsp3) is 0.158. The Bertz CT molecular complexity index is 951. The predicted octanol–water partition coefficient (Wildman–Crippen LogP) is 5.19. The van der Waals surface area contributed by atoms with Crippen LogP contribution in [0.2, 0.25) is 5.02 Å². The third-order valence-electron chi connectivity index (χ3n) is 3.86. The Morgan fingerprint density at radius 2 is 1.93 bits per heavy atom. The van der Waals surface area contributed by atoms with Gasteiger partial charge in [-0.2, -0.15) is 8.78 Å². The molecular formula is C19H14ClF2NO4S. The second-order valence-electron chi connectivity index (χ2n) is 5.65. The highest BCUT2D eigenvalue weighted by Crippen LogP contribution is 2.36. The van der Waals surface area contributed by atoms with E-state index in [9.17, 15) is 18.4 Å². The van der Waals surface area contributed by atoms with E-state index in [1.807, 2.05) is 0 Å². The molecule has 28 heavy (non-hydrogen) atoms. The van der Waals surface area contributed by atoms with Crippen LogP contribution in [0, 0.1) is 0 Å². The molecule has 2 amide bonds. The first-order chi connectivity index (χ1) is 13.4. The van der Waals surface area contributed by atoms with Crippen molar-refractivity contribution in [2.75, 3.05) is 7.11 Å². The van der Waals surface area contributed by atoms with Gasteiger partial charge in [-0.15, -0.1) is 0 Å². The minimum absolute atomic E-state index is 0.0617. The Kier molecular flexibility index (Phi) is 6.21. The summed E-state index contributed by atoms with van der Waals surface area (Å²) in [6.45, 7) is -2.92. The zero-order valence-corrected chi connectivity index (χ0v) is 16.1. The lowest BCUT2D eigenvalue weighted by molar-refractivity contribution is -0.123. The van der Waals surface area contributed by atoms with Crippen LogP contribution in [-0.2, 0) is 11.3 Å². The van der Waals surface area contributed by atoms with Crippen LogP contribution in [0.1, 0.15) is 11.1 Å². The molecule has 0 bridgehead atoms. The quantitative estimate of drug-likeness (QED) is 0.596. The molecular weight excluding hydrogens is 412 g/mol. The number of ether oxygens (including phenoxy) is 2. The number of methoxy groups -OCH3 is 1. The van der Waals surface area contributed by atoms with Crippen LogP contribution in [0.15, 0.2) is 47.4 Å². The third kappa shape index (κ3) is 4.45. The van der Waals surface area contributed by atoms with Crippen LogP contribution in [-0.4, -0.2) is 29.8 Å². The Morgan fingerprint density at radius 1 is 1.18 bits per heavy atom. The van der Waals surface area contributed by atoms with E-state index in [0.717, 1.165) is 16.7 Å². The number of rotatable bonds is 6. The molecule has 3 rings (SSSR count). The summed E-state index contributed by atoms with van der Waals surface area (Å²) in [4.78, 5) is 26.2. The number of alkyl halides is 2. The van der Waals surface area contributed by atoms with Crippen molar-refractivity contribution in [3.05, 3.63) is 63.5 Å². The van der Waals surface area contributed by atoms with Gasteiger partial charge < -0.3 is 9.47 Å². The Morgan fingerprint density at radius 3 is 2.61 bits per heavy atom. The fourth-order valence-electron chi connectivity index (χ4n) is 2.55. The van der Waals surface area contributed by atoms with E-state index in [-0.39, 0.29) is 22.9 Å². The van der Waals surface area contributed by atoms with Gasteiger partial charge in [0, 0.05) is 5.02 Å². The highest BCUT2D eigenvalue weighted by molar-refractivity contribution is 8.18. The average Bonchev–Trinajstić information content (AvgIpc) is 2.91. The van der Waals surface area contributed by atoms with Gasteiger partial charge in [-0.05, 0) is 47.2 Å². The lowest BCUT2D eigenvalue weighted by atomic mass is 10.1. The molecule has 1 saturated heterocycles. The molecule has 0 saturated carbocycles. The molecule has 9 heteroatoms. The van der Waals surface area contributed by atoms with E-state index in [1.165, 1.54) is 31.4 Å². The van der Waals surface area contributed by atoms with Crippen molar-refractivity contribution >= 4 is 40.6 Å². The maximum Gasteiger partial charge on any atom is 0.387 e. The van der Waals surface area contributed by atoms with Gasteiger partial charge in [0.1, 0.15) is 0 Å². The minimum atomic E-state index is -2.99. The van der Waals surface area contributed by atoms with Crippen molar-refractivity contribution < 1.29 is 27.8 Å². The van der Waals surface area contributed by atoms with Crippen molar-refractivity contribution in [2.45, 2.75) is 13.2 Å². The summed E-state index contributed by atoms with van der Waals surface area (Å²) in [6.07, 6.45) is 1.49. The Labute approximate surface area is 168 Å². The van der Waals surface area contributed by atoms with E-state index in [1.54, 1.807) is 24.3 Å². The topological polar surface area (TPSA) is 55.8 Å². The average molecular weight is 426 g/mol. The first kappa shape index (κ1) is 20.2. The van der Waals surface area contributed by atoms with Crippen LogP contribution >= 0.6 is 23.4 Å². The summed E-state index contributed by atoms with van der Waals surface area (Å²) in [5, 5.41) is 0.0469. The molecule has 146 valence electrons. The second kappa shape index (κ2) is 8.62. The fourth-order valence-corrected chi connectivity index (χ4v) is 3.59. The first-order valence-electron chi connectivity index (χ1n) is 8.00. The number of benzene rings is 2. The molecule has 0 N–H and O–H groups in total. The molecule has 0 radical (unpaired) electrons. The summed E-state index contributed by atoms with van der Waals surface area (Å²) in [7, 11) is 1.31. The van der Waals surface area contributed by atoms with Crippen molar-refractivity contribution in [3.63, 3.8) is 0 Å². The van der Waals surface area contributed by atoms with Gasteiger partial charge >= 0.3 is 6.61 Å². The molecule has 2 aromatic carbocycles. The van der Waals surface area contributed by atoms with Crippen LogP contribution < -0.4 is 9.47 Å². The van der Waals surface area contributed by atoms with E-state index in [0.29, 0.717) is 16.1 Å². The Hall–Kier alpha value is -2.58. The van der Waals surface area contributed by atoms with Gasteiger partial charge in [0.2, 0.25) is 0 Å². The molecule has 0 spiro atoms. The molecule has 1 aliphatic heterocycles. The van der Waals surface area contributed by atoms with Gasteiger partial charge in [0.15, 0.2) is 11.5 Å². The molecule has 2 aromatic rings. The van der Waals surface area contributed by atoms with E-state index in [2.05, 4.69) is 4.74 Å². The number of carbonyl (C=O) groups excluding carboxylic acids is 2. The van der Waals surface area contributed by atoms with Crippen molar-refractivity contribution in [1.29, 1.82) is 0 Å². The molecule has 0 aromatic heterocycles. The second-order valence-corrected chi connectivity index (χ2v) is 7.05. The van der Waals surface area contributed by atoms with Crippen LogP contribution in [0.4, 0.5) is 13.6 Å². The standard InChI is InChI=1S/C19H14ClF2NO4S/c1-26-15-8-11(6-7-14(15)27-18(21)22)9-16-17(24)23(19(25)28-16)10-12-4-2-3-5-13(12)20/h2-9,18H,10H2,1H3/b16-9-. The zero-order valence-electron chi connectivity index (χ0n) is 14.5. The summed E-state index contributed by atoms with van der Waals surface area (Å²) in [5.41, 5.74) is 1.16. The minimum Gasteiger partial charge on any atom is -0.493 e. The first-order valence-corrected chi connectivity index (χ1v) is 9.20. The number of amides is 2. The van der Waals surface area contributed by atoms with Crippen molar-refractivity contribution in [2.24, 2.45) is 0 Å². The molecule has 0 aliphatic carbocycles. The van der Waals surface area contributed by atoms with Gasteiger partial charge in [-0.1, -0.05) is 35.9 Å². The van der Waals surface area contributed by atoms with E-state index < -0.39 is 17.8 Å². The molecule has 1 heterocycles. The number of hydrogen-bond donors (Lipinski definition) is 0. The van der Waals surface area contributed by atoms with Gasteiger partial charge in [-0.3, -0.25) is 14.5 Å². The summed E-state index contributed by atoms with van der Waals surface area (Å²) in [6, 6.07) is 11.2. The number of thioether (sulfide) groups is 1. The van der Waals surface area contributed by atoms with Gasteiger partial charge in [0.25, 0.3) is 11.1 Å². The molecule has 1 aliphatic rings. The maximum absolute atomic E-state index is 12.6. The van der Waals surface area contributed by atoms with E-state index >= 15 is 0 Å². The Balaban J connectivity index is 1.82. The number of carbonyl (C=O) groups is 2. The monoisotopic (exact) mass is 425 g/mol. The van der Waals surface area contributed by atoms with Crippen molar-refractivity contribution in [1.82, 2.24) is 4.90 Å². The SMILES string of the molecule is COc1cc(/C=C2\SC(=O)N(Cc3ccccc3Cl)C2=O)ccc1OC(F)F. The van der Waals surface area contributed by atoms with Crippen LogP contribution in [0.25, 0.3) is 6.08 Å². The van der Waals surface area contributed by atoms with Gasteiger partial charge in [0.05, 0.1) is 18.6 Å². The lowest BCUT2D eigenvalue weighted by Crippen LogP contribution is -2.27. The normalized spacial score (nSPS) is 15.6. The van der Waals surface area contributed by atoms with Crippen LogP contribution in [0.5, 0.6) is 11.5 Å². The number of imide groups is 1. The lowest BCUT2D eigenvalue weighted by Gasteiger charge is -2.13. The summed E-state index contributed by atoms with van der Waals surface area (Å²) < 4.78 is 34.2. The molecule has 1 fully saturated rings. The van der Waals surface area contributed by atoms with Gasteiger partial charge in [-0.25, -0.2) is 0 Å². The number of halogens is 3. The number of nitrogens with zero attached hydrogens (tertiary/aromatic N) is 1. The maximum atomic E-state index is 12.6. The highest BCUT2D eigenvalue weighted by atomic mass is 35.5. The molecule has 0 unspecified atom stereocenters. The zero-order chi connectivity index (χ0) is 20.3. The van der Waals surface area contributed by atoms with Crippen molar-refractivity contribution in [3.8, 4) is 11.5 Å². The largest absolute Gasteiger partial charge is 0.493 e. The highest BCUT2D eigenvalue weighted by Gasteiger charge is 2.35. The predicted molar refractivity (Wildman–Crippen MR) is 103 cm³/mol. The third-order valence-corrected chi connectivity index (χ3v) is 5.14. The van der Waals surface area contributed by atoms with Crippen LogP contribution in [0.3, 0.4) is 0 Å².